The van der Waals surface area contributed by atoms with Crippen LogP contribution in [0.25, 0.3) is 0 Å². The lowest BCUT2D eigenvalue weighted by atomic mass is 10.0. The molecule has 0 saturated heterocycles. The molecule has 1 atom stereocenters. The molecule has 1 aromatic heterocycles. The molecule has 2 aromatic carbocycles. The van der Waals surface area contributed by atoms with Gasteiger partial charge in [-0.15, -0.1) is 11.3 Å². The Labute approximate surface area is 178 Å². The molecule has 0 spiro atoms. The number of benzene rings is 2. The van der Waals surface area contributed by atoms with Crippen LogP contribution >= 0.6 is 11.3 Å². The molecule has 8 nitrogen and oxygen atoms in total. The van der Waals surface area contributed by atoms with Crippen molar-refractivity contribution in [2.45, 2.75) is 24.3 Å². The second kappa shape index (κ2) is 9.51. The summed E-state index contributed by atoms with van der Waals surface area (Å²) in [7, 11) is -3.76. The molecule has 0 aliphatic rings. The highest BCUT2D eigenvalue weighted by molar-refractivity contribution is 7.93. The van der Waals surface area contributed by atoms with Gasteiger partial charge in [-0.2, -0.15) is 0 Å². The Hall–Kier alpha value is -3.24. The summed E-state index contributed by atoms with van der Waals surface area (Å²) in [4.78, 5) is 27.9. The molecule has 0 saturated carbocycles. The molecule has 2 amide bonds. The second-order valence-electron chi connectivity index (χ2n) is 6.38. The van der Waals surface area contributed by atoms with Crippen molar-refractivity contribution in [1.82, 2.24) is 10.3 Å². The van der Waals surface area contributed by atoms with Crippen LogP contribution in [-0.4, -0.2) is 25.2 Å². The topological polar surface area (TPSA) is 117 Å². The van der Waals surface area contributed by atoms with Crippen molar-refractivity contribution in [1.29, 1.82) is 0 Å². The van der Waals surface area contributed by atoms with Gasteiger partial charge < -0.3 is 10.6 Å². The van der Waals surface area contributed by atoms with E-state index in [-0.39, 0.29) is 28.3 Å². The Morgan fingerprint density at radius 2 is 1.77 bits per heavy atom. The van der Waals surface area contributed by atoms with E-state index in [1.165, 1.54) is 48.7 Å². The van der Waals surface area contributed by atoms with Crippen molar-refractivity contribution < 1.29 is 18.0 Å². The van der Waals surface area contributed by atoms with Crippen LogP contribution in [0.15, 0.2) is 71.1 Å². The molecule has 156 valence electrons. The van der Waals surface area contributed by atoms with Gasteiger partial charge in [0, 0.05) is 24.2 Å². The zero-order chi connectivity index (χ0) is 21.6. The number of carbonyl (C=O) groups excluding carboxylic acids is 2. The first-order valence-corrected chi connectivity index (χ1v) is 11.3. The maximum atomic E-state index is 12.5. The van der Waals surface area contributed by atoms with Gasteiger partial charge in [-0.05, 0) is 29.8 Å². The van der Waals surface area contributed by atoms with E-state index in [9.17, 15) is 18.0 Å². The number of nitrogens with zero attached hydrogens (tertiary/aromatic N) is 1. The molecule has 0 aliphatic carbocycles. The fourth-order valence-electron chi connectivity index (χ4n) is 2.75. The monoisotopic (exact) mass is 444 g/mol. The number of sulfonamides is 1. The van der Waals surface area contributed by atoms with E-state index in [1.54, 1.807) is 5.38 Å². The van der Waals surface area contributed by atoms with E-state index < -0.39 is 16.1 Å². The van der Waals surface area contributed by atoms with Crippen LogP contribution < -0.4 is 15.4 Å². The minimum atomic E-state index is -3.76. The van der Waals surface area contributed by atoms with Crippen molar-refractivity contribution in [2.75, 3.05) is 10.0 Å². The number of hydrogen-bond donors (Lipinski definition) is 3. The first kappa shape index (κ1) is 21.5. The first-order valence-electron chi connectivity index (χ1n) is 8.98. The number of thiazole rings is 1. The molecule has 0 unspecified atom stereocenters. The zero-order valence-electron chi connectivity index (χ0n) is 16.0. The van der Waals surface area contributed by atoms with E-state index in [4.69, 9.17) is 0 Å². The number of anilines is 2. The molecular formula is C20H20N4O4S2. The van der Waals surface area contributed by atoms with Crippen molar-refractivity contribution in [2.24, 2.45) is 0 Å². The molecule has 10 heteroatoms. The highest BCUT2D eigenvalue weighted by atomic mass is 32.2. The normalized spacial score (nSPS) is 12.0. The number of carbonyl (C=O) groups is 2. The summed E-state index contributed by atoms with van der Waals surface area (Å²) in [6.07, 6.45) is 1.54. The van der Waals surface area contributed by atoms with Crippen LogP contribution in [0.1, 0.15) is 24.9 Å². The molecule has 3 rings (SSSR count). The van der Waals surface area contributed by atoms with Gasteiger partial charge in [-0.3, -0.25) is 14.3 Å². The lowest BCUT2D eigenvalue weighted by Gasteiger charge is -2.18. The molecule has 3 aromatic rings. The standard InChI is InChI=1S/C20H20N4O4S2/c1-14(25)22-18(15-5-3-2-4-6-15)13-19(26)23-16-7-9-17(10-8-16)30(27,28)24-20-21-11-12-29-20/h2-12,18H,13H2,1H3,(H,21,24)(H,22,25)(H,23,26)/t18-/m0/s1. The predicted octanol–water partition coefficient (Wildman–Crippen LogP) is 3.15. The Bertz CT molecular complexity index is 1100. The molecule has 0 fully saturated rings. The van der Waals surface area contributed by atoms with Crippen LogP contribution in [-0.2, 0) is 19.6 Å². The molecule has 0 radical (unpaired) electrons. The zero-order valence-corrected chi connectivity index (χ0v) is 17.7. The maximum Gasteiger partial charge on any atom is 0.263 e. The van der Waals surface area contributed by atoms with E-state index >= 15 is 0 Å². The summed E-state index contributed by atoms with van der Waals surface area (Å²) in [5.41, 5.74) is 1.26. The highest BCUT2D eigenvalue weighted by Crippen LogP contribution is 2.21. The summed E-state index contributed by atoms with van der Waals surface area (Å²) >= 11 is 1.18. The highest BCUT2D eigenvalue weighted by Gasteiger charge is 2.18. The minimum absolute atomic E-state index is 0.0370. The van der Waals surface area contributed by atoms with E-state index in [0.717, 1.165) is 5.56 Å². The van der Waals surface area contributed by atoms with Crippen molar-refractivity contribution in [3.63, 3.8) is 0 Å². The van der Waals surface area contributed by atoms with Crippen molar-refractivity contribution in [3.05, 3.63) is 71.7 Å². The van der Waals surface area contributed by atoms with Crippen molar-refractivity contribution in [3.8, 4) is 0 Å². The van der Waals surface area contributed by atoms with Gasteiger partial charge in [0.1, 0.15) is 0 Å². The maximum absolute atomic E-state index is 12.5. The van der Waals surface area contributed by atoms with Gasteiger partial charge in [-0.25, -0.2) is 13.4 Å². The first-order chi connectivity index (χ1) is 14.3. The van der Waals surface area contributed by atoms with Crippen LogP contribution in [0.5, 0.6) is 0 Å². The number of amides is 2. The smallest absolute Gasteiger partial charge is 0.263 e. The minimum Gasteiger partial charge on any atom is -0.349 e. The van der Waals surface area contributed by atoms with E-state index in [2.05, 4.69) is 20.3 Å². The molecule has 0 aliphatic heterocycles. The molecule has 1 heterocycles. The molecular weight excluding hydrogens is 424 g/mol. The molecule has 0 bridgehead atoms. The lowest BCUT2D eigenvalue weighted by Crippen LogP contribution is -2.29. The van der Waals surface area contributed by atoms with Gasteiger partial charge in [-0.1, -0.05) is 30.3 Å². The quantitative estimate of drug-likeness (QED) is 0.493. The van der Waals surface area contributed by atoms with Crippen molar-refractivity contribution >= 4 is 44.0 Å². The average Bonchev–Trinajstić information content (AvgIpc) is 3.20. The van der Waals surface area contributed by atoms with Gasteiger partial charge in [0.25, 0.3) is 10.0 Å². The Kier molecular flexibility index (Phi) is 6.80. The predicted molar refractivity (Wildman–Crippen MR) is 116 cm³/mol. The number of nitrogens with one attached hydrogen (secondary N) is 3. The van der Waals surface area contributed by atoms with Gasteiger partial charge in [0.2, 0.25) is 11.8 Å². The van der Waals surface area contributed by atoms with Crippen LogP contribution in [0.4, 0.5) is 10.8 Å². The number of aromatic nitrogens is 1. The average molecular weight is 445 g/mol. The third kappa shape index (κ3) is 5.88. The van der Waals surface area contributed by atoms with E-state index in [0.29, 0.717) is 5.69 Å². The van der Waals surface area contributed by atoms with Crippen LogP contribution in [0.2, 0.25) is 0 Å². The summed E-state index contributed by atoms with van der Waals surface area (Å²) in [5, 5.41) is 7.44. The Morgan fingerprint density at radius 3 is 2.37 bits per heavy atom. The largest absolute Gasteiger partial charge is 0.349 e. The second-order valence-corrected chi connectivity index (χ2v) is 8.96. The van der Waals surface area contributed by atoms with Gasteiger partial charge in [0.15, 0.2) is 5.13 Å². The van der Waals surface area contributed by atoms with Gasteiger partial charge >= 0.3 is 0 Å². The summed E-state index contributed by atoms with van der Waals surface area (Å²) in [5.74, 6) is -0.548. The Morgan fingerprint density at radius 1 is 1.07 bits per heavy atom. The summed E-state index contributed by atoms with van der Waals surface area (Å²) < 4.78 is 27.1. The van der Waals surface area contributed by atoms with Crippen LogP contribution in [0, 0.1) is 0 Å². The summed E-state index contributed by atoms with van der Waals surface area (Å²) in [6, 6.07) is 14.5. The third-order valence-corrected chi connectivity index (χ3v) is 6.24. The third-order valence-electron chi connectivity index (χ3n) is 4.07. The Balaban J connectivity index is 1.65. The summed E-state index contributed by atoms with van der Waals surface area (Å²) in [6.45, 7) is 1.40. The van der Waals surface area contributed by atoms with E-state index in [1.807, 2.05) is 30.3 Å². The van der Waals surface area contributed by atoms with Gasteiger partial charge in [0.05, 0.1) is 17.4 Å². The molecule has 30 heavy (non-hydrogen) atoms. The fourth-order valence-corrected chi connectivity index (χ4v) is 4.53. The number of hydrogen-bond acceptors (Lipinski definition) is 6. The fraction of sp³-hybridized carbons (Fsp3) is 0.150. The number of rotatable bonds is 8. The SMILES string of the molecule is CC(=O)N[C@@H](CC(=O)Nc1ccc(S(=O)(=O)Nc2nccs2)cc1)c1ccccc1. The van der Waals surface area contributed by atoms with Crippen LogP contribution in [0.3, 0.4) is 0 Å². The molecule has 3 N–H and O–H groups in total. The lowest BCUT2D eigenvalue weighted by molar-refractivity contribution is -0.120.